The second-order valence-electron chi connectivity index (χ2n) is 13.1. The Morgan fingerprint density at radius 3 is 1.90 bits per heavy atom. The van der Waals surface area contributed by atoms with Gasteiger partial charge in [0, 0.05) is 22.7 Å². The van der Waals surface area contributed by atoms with E-state index in [-0.39, 0.29) is 5.78 Å². The molecule has 7 aromatic rings. The number of carbonyl (C=O) groups is 2. The van der Waals surface area contributed by atoms with Gasteiger partial charge in [0.25, 0.3) is 0 Å². The maximum absolute atomic E-state index is 13.4. The highest BCUT2D eigenvalue weighted by Crippen LogP contribution is 2.41. The molecule has 50 heavy (non-hydrogen) atoms. The summed E-state index contributed by atoms with van der Waals surface area (Å²) in [5.74, 6) is -0.173. The highest BCUT2D eigenvalue weighted by atomic mass is 16.6. The van der Waals surface area contributed by atoms with Crippen LogP contribution >= 0.6 is 0 Å². The van der Waals surface area contributed by atoms with Crippen LogP contribution in [0.3, 0.4) is 0 Å². The largest absolute Gasteiger partial charge is 0.442 e. The number of benzene rings is 5. The summed E-state index contributed by atoms with van der Waals surface area (Å²) in [5.41, 5.74) is 5.56. The quantitative estimate of drug-likeness (QED) is 0.0925. The standard InChI is InChI=1S/C43H36N4O3/c1-42(2,3)50-41(49)47-39-25-23-32(27-33(39)28-45-47)40(48)26-24-31-15-13-14-22-37(31)38-29-46(30-44-38)43(34-16-7-4-8-17-34,35-18-9-5-10-19-35)36-20-11-6-12-21-36/h4-30H,1-3H3. The lowest BCUT2D eigenvalue weighted by Gasteiger charge is -2.37. The molecule has 0 radical (unpaired) electrons. The van der Waals surface area contributed by atoms with Gasteiger partial charge in [-0.05, 0) is 67.3 Å². The van der Waals surface area contributed by atoms with E-state index in [1.54, 1.807) is 51.2 Å². The van der Waals surface area contributed by atoms with Crippen LogP contribution in [-0.2, 0) is 10.3 Å². The molecule has 5 aromatic carbocycles. The molecule has 2 heterocycles. The summed E-state index contributed by atoms with van der Waals surface area (Å²) in [6.07, 6.45) is 8.35. The molecule has 0 atom stereocenters. The van der Waals surface area contributed by atoms with Crippen LogP contribution < -0.4 is 0 Å². The fourth-order valence-corrected chi connectivity index (χ4v) is 6.40. The monoisotopic (exact) mass is 656 g/mol. The summed E-state index contributed by atoms with van der Waals surface area (Å²) in [6, 6.07) is 44.5. The van der Waals surface area contributed by atoms with Crippen LogP contribution in [-0.4, -0.2) is 36.8 Å². The molecule has 0 aliphatic rings. The Morgan fingerprint density at radius 2 is 1.30 bits per heavy atom. The lowest BCUT2D eigenvalue weighted by atomic mass is 9.77. The van der Waals surface area contributed by atoms with Gasteiger partial charge in [0.1, 0.15) is 11.1 Å². The van der Waals surface area contributed by atoms with E-state index in [0.29, 0.717) is 16.5 Å². The van der Waals surface area contributed by atoms with Crippen LogP contribution in [0.15, 0.2) is 158 Å². The summed E-state index contributed by atoms with van der Waals surface area (Å²) in [5, 5.41) is 4.87. The molecule has 0 saturated heterocycles. The highest BCUT2D eigenvalue weighted by molar-refractivity contribution is 6.09. The average molecular weight is 657 g/mol. The van der Waals surface area contributed by atoms with Gasteiger partial charge in [-0.3, -0.25) is 4.79 Å². The molecule has 0 fully saturated rings. The zero-order chi connectivity index (χ0) is 34.7. The molecule has 0 bridgehead atoms. The molecule has 0 spiro atoms. The van der Waals surface area contributed by atoms with Crippen molar-refractivity contribution in [2.45, 2.75) is 31.9 Å². The third-order valence-electron chi connectivity index (χ3n) is 8.61. The number of nitrogens with zero attached hydrogens (tertiary/aromatic N) is 4. The fourth-order valence-electron chi connectivity index (χ4n) is 6.40. The first-order valence-corrected chi connectivity index (χ1v) is 16.5. The van der Waals surface area contributed by atoms with Crippen LogP contribution in [0.2, 0.25) is 0 Å². The summed E-state index contributed by atoms with van der Waals surface area (Å²) in [4.78, 5) is 31.0. The van der Waals surface area contributed by atoms with Crippen molar-refractivity contribution in [3.8, 4) is 11.3 Å². The van der Waals surface area contributed by atoms with Gasteiger partial charge in [0.2, 0.25) is 0 Å². The van der Waals surface area contributed by atoms with Crippen molar-refractivity contribution in [3.05, 3.63) is 186 Å². The van der Waals surface area contributed by atoms with E-state index in [1.165, 1.54) is 4.68 Å². The zero-order valence-corrected chi connectivity index (χ0v) is 28.1. The van der Waals surface area contributed by atoms with Gasteiger partial charge in [0.15, 0.2) is 5.78 Å². The van der Waals surface area contributed by atoms with Gasteiger partial charge in [-0.2, -0.15) is 9.78 Å². The molecule has 0 aliphatic carbocycles. The highest BCUT2D eigenvalue weighted by Gasteiger charge is 2.38. The molecular formula is C43H36N4O3. The van der Waals surface area contributed by atoms with E-state index in [0.717, 1.165) is 33.5 Å². The summed E-state index contributed by atoms with van der Waals surface area (Å²) in [7, 11) is 0. The first-order chi connectivity index (χ1) is 24.2. The fraction of sp³-hybridized carbons (Fsp3) is 0.116. The molecular weight excluding hydrogens is 620 g/mol. The molecule has 0 saturated carbocycles. The van der Waals surface area contributed by atoms with Crippen molar-refractivity contribution in [1.29, 1.82) is 0 Å². The molecule has 7 nitrogen and oxygen atoms in total. The molecule has 0 aliphatic heterocycles. The molecule has 0 unspecified atom stereocenters. The van der Waals surface area contributed by atoms with Crippen molar-refractivity contribution in [2.75, 3.05) is 0 Å². The predicted molar refractivity (Wildman–Crippen MR) is 197 cm³/mol. The number of ketones is 1. The normalized spacial score (nSPS) is 12.0. The smallest absolute Gasteiger partial charge is 0.435 e. The van der Waals surface area contributed by atoms with Crippen molar-refractivity contribution in [3.63, 3.8) is 0 Å². The van der Waals surface area contributed by atoms with Crippen LogP contribution in [0.25, 0.3) is 28.2 Å². The number of fused-ring (bicyclic) bond motifs is 1. The first-order valence-electron chi connectivity index (χ1n) is 16.5. The Hall–Kier alpha value is -6.34. The maximum Gasteiger partial charge on any atom is 0.435 e. The van der Waals surface area contributed by atoms with Crippen LogP contribution in [0.4, 0.5) is 4.79 Å². The van der Waals surface area contributed by atoms with Gasteiger partial charge in [-0.15, -0.1) is 0 Å². The van der Waals surface area contributed by atoms with Crippen LogP contribution in [0.1, 0.15) is 53.4 Å². The Labute approximate surface area is 291 Å². The van der Waals surface area contributed by atoms with E-state index in [9.17, 15) is 9.59 Å². The molecule has 2 aromatic heterocycles. The number of imidazole rings is 1. The minimum Gasteiger partial charge on any atom is -0.442 e. The van der Waals surface area contributed by atoms with Gasteiger partial charge in [0.05, 0.1) is 23.7 Å². The number of carbonyl (C=O) groups excluding carboxylic acids is 2. The van der Waals surface area contributed by atoms with E-state index in [4.69, 9.17) is 9.72 Å². The molecule has 246 valence electrons. The van der Waals surface area contributed by atoms with Gasteiger partial charge in [-0.1, -0.05) is 121 Å². The van der Waals surface area contributed by atoms with E-state index in [1.807, 2.05) is 54.9 Å². The number of aromatic nitrogens is 4. The van der Waals surface area contributed by atoms with E-state index < -0.39 is 17.2 Å². The predicted octanol–water partition coefficient (Wildman–Crippen LogP) is 9.42. The van der Waals surface area contributed by atoms with E-state index in [2.05, 4.69) is 88.7 Å². The third kappa shape index (κ3) is 6.17. The lowest BCUT2D eigenvalue weighted by Crippen LogP contribution is -2.36. The SMILES string of the molecule is CC(C)(C)OC(=O)n1ncc2cc(C(=O)C=Cc3ccccc3-c3cn(C(c4ccccc4)(c4ccccc4)c4ccccc4)cn3)ccc21. The minimum absolute atomic E-state index is 0.173. The van der Waals surface area contributed by atoms with Gasteiger partial charge < -0.3 is 9.30 Å². The molecule has 0 amide bonds. The van der Waals surface area contributed by atoms with Gasteiger partial charge >= 0.3 is 6.09 Å². The molecule has 7 rings (SSSR count). The molecule has 7 heteroatoms. The number of hydrogen-bond donors (Lipinski definition) is 0. The molecule has 0 N–H and O–H groups in total. The Morgan fingerprint density at radius 1 is 0.720 bits per heavy atom. The van der Waals surface area contributed by atoms with Crippen molar-refractivity contribution >= 4 is 28.9 Å². The summed E-state index contributed by atoms with van der Waals surface area (Å²) >= 11 is 0. The average Bonchev–Trinajstić information content (AvgIpc) is 3.80. The Balaban J connectivity index is 1.23. The van der Waals surface area contributed by atoms with Gasteiger partial charge in [-0.25, -0.2) is 9.78 Å². The van der Waals surface area contributed by atoms with Crippen molar-refractivity contribution in [2.24, 2.45) is 0 Å². The number of ether oxygens (including phenoxy) is 1. The summed E-state index contributed by atoms with van der Waals surface area (Å²) in [6.45, 7) is 5.41. The third-order valence-corrected chi connectivity index (χ3v) is 8.61. The van der Waals surface area contributed by atoms with Crippen LogP contribution in [0.5, 0.6) is 0 Å². The topological polar surface area (TPSA) is 79.0 Å². The summed E-state index contributed by atoms with van der Waals surface area (Å²) < 4.78 is 8.86. The van der Waals surface area contributed by atoms with Crippen LogP contribution in [0, 0.1) is 0 Å². The lowest BCUT2D eigenvalue weighted by molar-refractivity contribution is 0.0522. The Bertz CT molecular complexity index is 2220. The van der Waals surface area contributed by atoms with Crippen molar-refractivity contribution < 1.29 is 14.3 Å². The van der Waals surface area contributed by atoms with Crippen molar-refractivity contribution in [1.82, 2.24) is 19.3 Å². The first kappa shape index (κ1) is 32.2. The second-order valence-corrected chi connectivity index (χ2v) is 13.1. The number of rotatable bonds is 8. The van der Waals surface area contributed by atoms with E-state index >= 15 is 0 Å². The zero-order valence-electron chi connectivity index (χ0n) is 28.1. The second kappa shape index (κ2) is 13.3. The minimum atomic E-state index is -0.689. The number of hydrogen-bond acceptors (Lipinski definition) is 5. The maximum atomic E-state index is 13.4. The number of allylic oxidation sites excluding steroid dienone is 1. The Kier molecular flexibility index (Phi) is 8.56.